The van der Waals surface area contributed by atoms with E-state index in [0.717, 1.165) is 19.5 Å². The summed E-state index contributed by atoms with van der Waals surface area (Å²) in [7, 11) is 0. The molecule has 1 atom stereocenters. The highest BCUT2D eigenvalue weighted by Crippen LogP contribution is 2.23. The van der Waals surface area contributed by atoms with Crippen molar-refractivity contribution < 1.29 is 0 Å². The number of anilines is 1. The van der Waals surface area contributed by atoms with Gasteiger partial charge in [0.1, 0.15) is 0 Å². The summed E-state index contributed by atoms with van der Waals surface area (Å²) in [6.07, 6.45) is 3.52. The number of nitrogens with zero attached hydrogens (tertiary/aromatic N) is 1. The largest absolute Gasteiger partial charge is 0.369 e. The molecule has 2 heteroatoms. The van der Waals surface area contributed by atoms with E-state index >= 15 is 0 Å². The van der Waals surface area contributed by atoms with Gasteiger partial charge in [-0.05, 0) is 44.9 Å². The lowest BCUT2D eigenvalue weighted by Crippen LogP contribution is -2.35. The van der Waals surface area contributed by atoms with Crippen molar-refractivity contribution in [1.82, 2.24) is 0 Å². The van der Waals surface area contributed by atoms with Gasteiger partial charge in [0.05, 0.1) is 0 Å². The van der Waals surface area contributed by atoms with E-state index in [9.17, 15) is 0 Å². The molecule has 0 saturated carbocycles. The Morgan fingerprint density at radius 2 is 2.00 bits per heavy atom. The standard InChI is InChI=1S/C15H26N2/c1-4-8-14(3)17(12-7-11-16)15-10-6-5-9-13(15)2/h5-6,9-10,14H,4,7-8,11-12,16H2,1-3H3. The zero-order valence-corrected chi connectivity index (χ0v) is 11.4. The first-order valence-corrected chi connectivity index (χ1v) is 6.73. The summed E-state index contributed by atoms with van der Waals surface area (Å²) >= 11 is 0. The Kier molecular flexibility index (Phi) is 6.06. The van der Waals surface area contributed by atoms with Crippen molar-refractivity contribution in [3.8, 4) is 0 Å². The molecule has 96 valence electrons. The number of nitrogens with two attached hydrogens (primary N) is 1. The lowest BCUT2D eigenvalue weighted by Gasteiger charge is -2.32. The maximum atomic E-state index is 5.64. The lowest BCUT2D eigenvalue weighted by atomic mass is 10.1. The fraction of sp³-hybridized carbons (Fsp3) is 0.600. The van der Waals surface area contributed by atoms with Crippen molar-refractivity contribution >= 4 is 5.69 Å². The maximum Gasteiger partial charge on any atom is 0.0398 e. The van der Waals surface area contributed by atoms with E-state index in [1.807, 2.05) is 0 Å². The van der Waals surface area contributed by atoms with Crippen LogP contribution in [-0.2, 0) is 0 Å². The number of benzene rings is 1. The van der Waals surface area contributed by atoms with Gasteiger partial charge in [-0.2, -0.15) is 0 Å². The molecule has 0 spiro atoms. The van der Waals surface area contributed by atoms with Gasteiger partial charge in [-0.15, -0.1) is 0 Å². The van der Waals surface area contributed by atoms with E-state index in [1.54, 1.807) is 0 Å². The molecule has 0 aliphatic carbocycles. The number of aryl methyl sites for hydroxylation is 1. The van der Waals surface area contributed by atoms with E-state index in [-0.39, 0.29) is 0 Å². The van der Waals surface area contributed by atoms with Crippen molar-refractivity contribution in [2.75, 3.05) is 18.0 Å². The van der Waals surface area contributed by atoms with E-state index in [4.69, 9.17) is 5.73 Å². The second kappa shape index (κ2) is 7.33. The van der Waals surface area contributed by atoms with Crippen LogP contribution in [0.4, 0.5) is 5.69 Å². The SMILES string of the molecule is CCCC(C)N(CCCN)c1ccccc1C. The van der Waals surface area contributed by atoms with Gasteiger partial charge in [0.15, 0.2) is 0 Å². The normalized spacial score (nSPS) is 12.5. The molecule has 1 rings (SSSR count). The third-order valence-electron chi connectivity index (χ3n) is 3.27. The van der Waals surface area contributed by atoms with Crippen LogP contribution in [-0.4, -0.2) is 19.1 Å². The van der Waals surface area contributed by atoms with Gasteiger partial charge in [0.25, 0.3) is 0 Å². The summed E-state index contributed by atoms with van der Waals surface area (Å²) in [6, 6.07) is 9.22. The second-order valence-electron chi connectivity index (χ2n) is 4.76. The lowest BCUT2D eigenvalue weighted by molar-refractivity contribution is 0.570. The molecule has 0 amide bonds. The molecule has 1 unspecified atom stereocenters. The predicted molar refractivity (Wildman–Crippen MR) is 76.6 cm³/mol. The highest BCUT2D eigenvalue weighted by Gasteiger charge is 2.14. The Balaban J connectivity index is 2.85. The van der Waals surface area contributed by atoms with Crippen LogP contribution in [0, 0.1) is 6.92 Å². The molecule has 1 aromatic carbocycles. The molecule has 0 aliphatic rings. The van der Waals surface area contributed by atoms with Gasteiger partial charge in [0.2, 0.25) is 0 Å². The Morgan fingerprint density at radius 1 is 1.29 bits per heavy atom. The highest BCUT2D eigenvalue weighted by molar-refractivity contribution is 5.53. The van der Waals surface area contributed by atoms with Gasteiger partial charge in [-0.1, -0.05) is 31.5 Å². The first-order chi connectivity index (χ1) is 8.20. The van der Waals surface area contributed by atoms with Crippen molar-refractivity contribution in [2.45, 2.75) is 46.1 Å². The molecule has 0 bridgehead atoms. The molecular formula is C15H26N2. The molecule has 0 saturated heterocycles. The quantitative estimate of drug-likeness (QED) is 0.784. The molecule has 2 nitrogen and oxygen atoms in total. The fourth-order valence-electron chi connectivity index (χ4n) is 2.30. The molecule has 0 radical (unpaired) electrons. The van der Waals surface area contributed by atoms with Crippen molar-refractivity contribution in [3.63, 3.8) is 0 Å². The Bertz CT molecular complexity index is 322. The van der Waals surface area contributed by atoms with Gasteiger partial charge in [0, 0.05) is 18.3 Å². The first kappa shape index (κ1) is 14.0. The molecular weight excluding hydrogens is 208 g/mol. The van der Waals surface area contributed by atoms with Crippen molar-refractivity contribution in [1.29, 1.82) is 0 Å². The molecule has 0 aliphatic heterocycles. The van der Waals surface area contributed by atoms with Crippen LogP contribution in [0.5, 0.6) is 0 Å². The number of rotatable bonds is 7. The van der Waals surface area contributed by atoms with E-state index < -0.39 is 0 Å². The second-order valence-corrected chi connectivity index (χ2v) is 4.76. The summed E-state index contributed by atoms with van der Waals surface area (Å²) in [4.78, 5) is 2.51. The topological polar surface area (TPSA) is 29.3 Å². The van der Waals surface area contributed by atoms with E-state index in [0.29, 0.717) is 6.04 Å². The number of hydrogen-bond donors (Lipinski definition) is 1. The summed E-state index contributed by atoms with van der Waals surface area (Å²) < 4.78 is 0. The smallest absolute Gasteiger partial charge is 0.0398 e. The molecule has 0 aromatic heterocycles. The zero-order chi connectivity index (χ0) is 12.7. The first-order valence-electron chi connectivity index (χ1n) is 6.73. The van der Waals surface area contributed by atoms with Crippen LogP contribution < -0.4 is 10.6 Å². The van der Waals surface area contributed by atoms with Crippen LogP contribution >= 0.6 is 0 Å². The number of para-hydroxylation sites is 1. The van der Waals surface area contributed by atoms with Gasteiger partial charge >= 0.3 is 0 Å². The summed E-state index contributed by atoms with van der Waals surface area (Å²) in [6.45, 7) is 8.56. The van der Waals surface area contributed by atoms with E-state index in [1.165, 1.54) is 24.1 Å². The summed E-state index contributed by atoms with van der Waals surface area (Å²) in [5, 5.41) is 0. The molecule has 0 heterocycles. The van der Waals surface area contributed by atoms with Crippen LogP contribution in [0.3, 0.4) is 0 Å². The maximum absolute atomic E-state index is 5.64. The molecule has 0 fully saturated rings. The minimum Gasteiger partial charge on any atom is -0.369 e. The zero-order valence-electron chi connectivity index (χ0n) is 11.4. The van der Waals surface area contributed by atoms with Crippen molar-refractivity contribution in [2.24, 2.45) is 5.73 Å². The Labute approximate surface area is 106 Å². The third kappa shape index (κ3) is 4.04. The summed E-state index contributed by atoms with van der Waals surface area (Å²) in [5.41, 5.74) is 8.36. The Hall–Kier alpha value is -1.02. The molecule has 1 aromatic rings. The monoisotopic (exact) mass is 234 g/mol. The van der Waals surface area contributed by atoms with E-state index in [2.05, 4.69) is 49.9 Å². The van der Waals surface area contributed by atoms with Gasteiger partial charge in [-0.3, -0.25) is 0 Å². The Morgan fingerprint density at radius 3 is 2.59 bits per heavy atom. The molecule has 2 N–H and O–H groups in total. The number of hydrogen-bond acceptors (Lipinski definition) is 2. The van der Waals surface area contributed by atoms with Crippen LogP contribution in [0.15, 0.2) is 24.3 Å². The van der Waals surface area contributed by atoms with Crippen molar-refractivity contribution in [3.05, 3.63) is 29.8 Å². The van der Waals surface area contributed by atoms with Gasteiger partial charge in [-0.25, -0.2) is 0 Å². The minimum absolute atomic E-state index is 0.590. The molecule has 17 heavy (non-hydrogen) atoms. The van der Waals surface area contributed by atoms with Crippen LogP contribution in [0.1, 0.15) is 38.7 Å². The third-order valence-corrected chi connectivity index (χ3v) is 3.27. The summed E-state index contributed by atoms with van der Waals surface area (Å²) in [5.74, 6) is 0. The minimum atomic E-state index is 0.590. The van der Waals surface area contributed by atoms with Crippen LogP contribution in [0.2, 0.25) is 0 Å². The van der Waals surface area contributed by atoms with Gasteiger partial charge < -0.3 is 10.6 Å². The average molecular weight is 234 g/mol. The predicted octanol–water partition coefficient (Wildman–Crippen LogP) is 3.34. The van der Waals surface area contributed by atoms with Crippen LogP contribution in [0.25, 0.3) is 0 Å². The highest BCUT2D eigenvalue weighted by atomic mass is 15.2. The fourth-order valence-corrected chi connectivity index (χ4v) is 2.30. The average Bonchev–Trinajstić information content (AvgIpc) is 2.32.